The van der Waals surface area contributed by atoms with E-state index in [2.05, 4.69) is 15.0 Å². The van der Waals surface area contributed by atoms with Gasteiger partial charge in [0.1, 0.15) is 6.33 Å². The quantitative estimate of drug-likeness (QED) is 0.680. The van der Waals surface area contributed by atoms with Gasteiger partial charge in [-0.3, -0.25) is 14.2 Å². The molecule has 0 saturated heterocycles. The first-order valence-corrected chi connectivity index (χ1v) is 8.53. The lowest BCUT2D eigenvalue weighted by Crippen LogP contribution is -2.30. The van der Waals surface area contributed by atoms with Crippen LogP contribution in [0, 0.1) is 0 Å². The Hall–Kier alpha value is -3.09. The minimum absolute atomic E-state index is 0.0120. The molecule has 0 fully saturated rings. The van der Waals surface area contributed by atoms with E-state index in [0.29, 0.717) is 30.3 Å². The van der Waals surface area contributed by atoms with Gasteiger partial charge in [0, 0.05) is 26.2 Å². The Morgan fingerprint density at radius 3 is 2.81 bits per heavy atom. The van der Waals surface area contributed by atoms with Crippen molar-refractivity contribution in [2.24, 2.45) is 0 Å². The summed E-state index contributed by atoms with van der Waals surface area (Å²) in [5.74, 6) is 0.0120. The van der Waals surface area contributed by atoms with Crippen LogP contribution in [-0.4, -0.2) is 37.4 Å². The molecule has 1 unspecified atom stereocenters. The van der Waals surface area contributed by atoms with E-state index in [9.17, 15) is 9.59 Å². The smallest absolute Gasteiger partial charge is 0.261 e. The third-order valence-electron chi connectivity index (χ3n) is 4.53. The van der Waals surface area contributed by atoms with Gasteiger partial charge in [-0.15, -0.1) is 0 Å². The second-order valence-electron chi connectivity index (χ2n) is 6.18. The van der Waals surface area contributed by atoms with Crippen molar-refractivity contribution in [1.29, 1.82) is 0 Å². The molecule has 0 aliphatic rings. The van der Waals surface area contributed by atoms with Crippen LogP contribution in [0.5, 0.6) is 0 Å². The molecule has 1 amide bonds. The fourth-order valence-corrected chi connectivity index (χ4v) is 2.80. The lowest BCUT2D eigenvalue weighted by Gasteiger charge is -2.24. The van der Waals surface area contributed by atoms with Gasteiger partial charge in [0.2, 0.25) is 5.91 Å². The summed E-state index contributed by atoms with van der Waals surface area (Å²) in [5, 5.41) is 0.593. The zero-order chi connectivity index (χ0) is 18.5. The van der Waals surface area contributed by atoms with E-state index in [1.165, 1.54) is 6.33 Å². The van der Waals surface area contributed by atoms with E-state index < -0.39 is 0 Å². The molecule has 1 atom stereocenters. The predicted molar refractivity (Wildman–Crippen MR) is 98.5 cm³/mol. The summed E-state index contributed by atoms with van der Waals surface area (Å²) in [4.78, 5) is 38.9. The topological polar surface area (TPSA) is 81.0 Å². The maximum atomic E-state index is 12.4. The van der Waals surface area contributed by atoms with Gasteiger partial charge in [-0.05, 0) is 31.5 Å². The zero-order valence-electron chi connectivity index (χ0n) is 14.9. The molecule has 0 radical (unpaired) electrons. The van der Waals surface area contributed by atoms with E-state index >= 15 is 0 Å². The molecule has 2 heterocycles. The van der Waals surface area contributed by atoms with Crippen molar-refractivity contribution in [3.05, 3.63) is 65.2 Å². The number of carbonyl (C=O) groups is 1. The largest absolute Gasteiger partial charge is 0.337 e. The van der Waals surface area contributed by atoms with Gasteiger partial charge < -0.3 is 4.90 Å². The molecule has 0 aliphatic heterocycles. The Morgan fingerprint density at radius 1 is 1.23 bits per heavy atom. The lowest BCUT2D eigenvalue weighted by atomic mass is 10.2. The molecule has 0 saturated carbocycles. The molecule has 3 aromatic rings. The molecule has 7 nitrogen and oxygen atoms in total. The number of hydrogen-bond donors (Lipinski definition) is 0. The van der Waals surface area contributed by atoms with Crippen molar-refractivity contribution >= 4 is 16.8 Å². The normalized spacial score (nSPS) is 12.1. The Kier molecular flexibility index (Phi) is 5.36. The molecule has 1 aromatic carbocycles. The van der Waals surface area contributed by atoms with Gasteiger partial charge in [0.05, 0.1) is 29.0 Å². The van der Waals surface area contributed by atoms with E-state index in [0.717, 1.165) is 5.69 Å². The Balaban J connectivity index is 1.60. The molecular formula is C19H21N5O2. The zero-order valence-corrected chi connectivity index (χ0v) is 14.9. The number of hydrogen-bond acceptors (Lipinski definition) is 5. The standard InChI is InChI=1S/C19H21N5O2/c1-14(16-9-10-20-12-21-16)23(2)18(25)8-5-11-24-13-22-17-7-4-3-6-15(17)19(24)26/h3-4,6-7,9-10,12-14H,5,8,11H2,1-2H3. The highest BCUT2D eigenvalue weighted by Gasteiger charge is 2.18. The van der Waals surface area contributed by atoms with Crippen molar-refractivity contribution < 1.29 is 4.79 Å². The van der Waals surface area contributed by atoms with E-state index in [1.807, 2.05) is 25.1 Å². The minimum atomic E-state index is -0.129. The summed E-state index contributed by atoms with van der Waals surface area (Å²) in [7, 11) is 1.76. The van der Waals surface area contributed by atoms with Crippen molar-refractivity contribution in [3.63, 3.8) is 0 Å². The molecule has 0 N–H and O–H groups in total. The number of aromatic nitrogens is 4. The Bertz CT molecular complexity index is 955. The number of carbonyl (C=O) groups excluding carboxylic acids is 1. The van der Waals surface area contributed by atoms with Crippen LogP contribution in [0.2, 0.25) is 0 Å². The molecule has 2 aromatic heterocycles. The maximum Gasteiger partial charge on any atom is 0.261 e. The van der Waals surface area contributed by atoms with Gasteiger partial charge in [0.25, 0.3) is 5.56 Å². The highest BCUT2D eigenvalue weighted by molar-refractivity contribution is 5.77. The number of rotatable bonds is 6. The molecule has 3 rings (SSSR count). The molecule has 0 spiro atoms. The second-order valence-corrected chi connectivity index (χ2v) is 6.18. The summed E-state index contributed by atoms with van der Waals surface area (Å²) in [6.07, 6.45) is 5.60. The lowest BCUT2D eigenvalue weighted by molar-refractivity contribution is -0.132. The van der Waals surface area contributed by atoms with Crippen molar-refractivity contribution in [2.75, 3.05) is 7.05 Å². The Morgan fingerprint density at radius 2 is 2.04 bits per heavy atom. The molecule has 0 aliphatic carbocycles. The van der Waals surface area contributed by atoms with E-state index in [1.54, 1.807) is 41.2 Å². The summed E-state index contributed by atoms with van der Waals surface area (Å²) >= 11 is 0. The molecule has 134 valence electrons. The van der Waals surface area contributed by atoms with Crippen LogP contribution >= 0.6 is 0 Å². The van der Waals surface area contributed by atoms with Crippen LogP contribution in [0.1, 0.15) is 31.5 Å². The van der Waals surface area contributed by atoms with Gasteiger partial charge in [0.15, 0.2) is 0 Å². The highest BCUT2D eigenvalue weighted by atomic mass is 16.2. The average molecular weight is 351 g/mol. The first-order chi connectivity index (χ1) is 12.6. The van der Waals surface area contributed by atoms with E-state index in [-0.39, 0.29) is 17.5 Å². The number of nitrogens with zero attached hydrogens (tertiary/aromatic N) is 5. The van der Waals surface area contributed by atoms with E-state index in [4.69, 9.17) is 0 Å². The summed E-state index contributed by atoms with van der Waals surface area (Å²) in [6, 6.07) is 8.93. The first kappa shape index (κ1) is 17.7. The first-order valence-electron chi connectivity index (χ1n) is 8.53. The van der Waals surface area contributed by atoms with Crippen molar-refractivity contribution in [1.82, 2.24) is 24.4 Å². The third kappa shape index (κ3) is 3.77. The van der Waals surface area contributed by atoms with Gasteiger partial charge in [-0.25, -0.2) is 15.0 Å². The van der Waals surface area contributed by atoms with Crippen molar-refractivity contribution in [2.45, 2.75) is 32.4 Å². The predicted octanol–water partition coefficient (Wildman–Crippen LogP) is 2.19. The number of aryl methyl sites for hydroxylation is 1. The minimum Gasteiger partial charge on any atom is -0.337 e. The van der Waals surface area contributed by atoms with Crippen molar-refractivity contribution in [3.8, 4) is 0 Å². The molecule has 7 heteroatoms. The fourth-order valence-electron chi connectivity index (χ4n) is 2.80. The van der Waals surface area contributed by atoms with Crippen LogP contribution in [0.15, 0.2) is 54.0 Å². The highest BCUT2D eigenvalue weighted by Crippen LogP contribution is 2.16. The summed E-state index contributed by atoms with van der Waals surface area (Å²) in [6.45, 7) is 2.39. The number of fused-ring (bicyclic) bond motifs is 1. The number of amides is 1. The van der Waals surface area contributed by atoms with Gasteiger partial charge in [-0.1, -0.05) is 12.1 Å². The SMILES string of the molecule is CC(c1ccncn1)N(C)C(=O)CCCn1cnc2ccccc2c1=O. The summed E-state index contributed by atoms with van der Waals surface area (Å²) < 4.78 is 1.56. The molecule has 0 bridgehead atoms. The number of benzene rings is 1. The third-order valence-corrected chi connectivity index (χ3v) is 4.53. The van der Waals surface area contributed by atoms with Gasteiger partial charge in [-0.2, -0.15) is 0 Å². The monoisotopic (exact) mass is 351 g/mol. The van der Waals surface area contributed by atoms with Crippen LogP contribution in [0.3, 0.4) is 0 Å². The summed E-state index contributed by atoms with van der Waals surface area (Å²) in [5.41, 5.74) is 1.40. The number of para-hydroxylation sites is 1. The van der Waals surface area contributed by atoms with Crippen LogP contribution in [-0.2, 0) is 11.3 Å². The molecule has 26 heavy (non-hydrogen) atoms. The molecular weight excluding hydrogens is 330 g/mol. The van der Waals surface area contributed by atoms with Crippen LogP contribution in [0.4, 0.5) is 0 Å². The van der Waals surface area contributed by atoms with Crippen LogP contribution in [0.25, 0.3) is 10.9 Å². The fraction of sp³-hybridized carbons (Fsp3) is 0.316. The average Bonchev–Trinajstić information content (AvgIpc) is 2.69. The Labute approximate surface area is 151 Å². The maximum absolute atomic E-state index is 12.4. The second kappa shape index (κ2) is 7.86. The van der Waals surface area contributed by atoms with Gasteiger partial charge >= 0.3 is 0 Å². The van der Waals surface area contributed by atoms with Crippen LogP contribution < -0.4 is 5.56 Å².